The zero-order valence-electron chi connectivity index (χ0n) is 16.5. The van der Waals surface area contributed by atoms with Gasteiger partial charge in [0.05, 0.1) is 16.6 Å². The minimum absolute atomic E-state index is 0.0477. The van der Waals surface area contributed by atoms with Gasteiger partial charge < -0.3 is 16.4 Å². The highest BCUT2D eigenvalue weighted by Gasteiger charge is 2.21. The van der Waals surface area contributed by atoms with Crippen molar-refractivity contribution in [3.05, 3.63) is 54.1 Å². The van der Waals surface area contributed by atoms with Gasteiger partial charge in [-0.1, -0.05) is 19.1 Å². The number of hydrogen-bond acceptors (Lipinski definition) is 6. The smallest absolute Gasteiger partial charge is 0.224 e. The zero-order chi connectivity index (χ0) is 20.7. The van der Waals surface area contributed by atoms with Crippen molar-refractivity contribution in [1.82, 2.24) is 19.5 Å². The summed E-state index contributed by atoms with van der Waals surface area (Å²) in [6.07, 6.45) is 0.624. The van der Waals surface area contributed by atoms with Crippen LogP contribution >= 0.6 is 0 Å². The van der Waals surface area contributed by atoms with E-state index in [-0.39, 0.29) is 17.6 Å². The van der Waals surface area contributed by atoms with E-state index in [1.54, 1.807) is 6.07 Å². The highest BCUT2D eigenvalue weighted by molar-refractivity contribution is 5.86. The molecule has 4 N–H and O–H groups in total. The number of benzene rings is 2. The van der Waals surface area contributed by atoms with E-state index in [1.165, 1.54) is 12.1 Å². The number of nitrogens with two attached hydrogens (primary N) is 2. The average Bonchev–Trinajstić information content (AvgIpc) is 3.05. The molecule has 0 amide bonds. The summed E-state index contributed by atoms with van der Waals surface area (Å²) in [7, 11) is 3.95. The van der Waals surface area contributed by atoms with E-state index in [2.05, 4.69) is 15.0 Å². The summed E-state index contributed by atoms with van der Waals surface area (Å²) in [5, 5.41) is 0. The lowest BCUT2D eigenvalue weighted by molar-refractivity contribution is 0.629. The van der Waals surface area contributed by atoms with E-state index in [0.29, 0.717) is 28.8 Å². The van der Waals surface area contributed by atoms with E-state index in [4.69, 9.17) is 11.5 Å². The van der Waals surface area contributed by atoms with Gasteiger partial charge in [-0.05, 0) is 29.8 Å². The van der Waals surface area contributed by atoms with Gasteiger partial charge in [0, 0.05) is 32.3 Å². The molecular formula is C21H22FN7. The van der Waals surface area contributed by atoms with Crippen molar-refractivity contribution in [3.8, 4) is 16.9 Å². The molecule has 29 heavy (non-hydrogen) atoms. The largest absolute Gasteiger partial charge is 0.383 e. The predicted octanol–water partition coefficient (Wildman–Crippen LogP) is 3.41. The minimum atomic E-state index is -0.354. The molecule has 7 nitrogen and oxygen atoms in total. The Labute approximate surface area is 167 Å². The number of nitrogens with zero attached hydrogens (tertiary/aromatic N) is 5. The number of rotatable bonds is 4. The third-order valence-corrected chi connectivity index (χ3v) is 4.82. The number of aromatic nitrogens is 4. The fraction of sp³-hybridized carbons (Fsp3) is 0.190. The fourth-order valence-electron chi connectivity index (χ4n) is 3.42. The Morgan fingerprint density at radius 2 is 1.72 bits per heavy atom. The Balaban J connectivity index is 2.03. The van der Waals surface area contributed by atoms with Gasteiger partial charge in [-0.15, -0.1) is 0 Å². The maximum atomic E-state index is 14.0. The van der Waals surface area contributed by atoms with Gasteiger partial charge in [0.1, 0.15) is 17.5 Å². The summed E-state index contributed by atoms with van der Waals surface area (Å²) < 4.78 is 15.8. The van der Waals surface area contributed by atoms with Crippen LogP contribution in [0.25, 0.3) is 28.0 Å². The monoisotopic (exact) mass is 391 g/mol. The molecule has 0 aliphatic rings. The van der Waals surface area contributed by atoms with Crippen LogP contribution in [0.4, 0.5) is 21.8 Å². The summed E-state index contributed by atoms with van der Waals surface area (Å²) in [6.45, 7) is 1.98. The summed E-state index contributed by atoms with van der Waals surface area (Å²) in [5.41, 5.74) is 16.0. The molecule has 0 atom stereocenters. The molecule has 4 aromatic rings. The second-order valence-corrected chi connectivity index (χ2v) is 6.96. The first kappa shape index (κ1) is 18.7. The first-order chi connectivity index (χ1) is 13.9. The number of hydrogen-bond donors (Lipinski definition) is 2. The molecule has 0 unspecified atom stereocenters. The molecule has 0 saturated heterocycles. The van der Waals surface area contributed by atoms with Gasteiger partial charge in [-0.3, -0.25) is 4.57 Å². The first-order valence-corrected chi connectivity index (χ1v) is 9.27. The van der Waals surface area contributed by atoms with E-state index >= 15 is 0 Å². The van der Waals surface area contributed by atoms with Crippen LogP contribution in [0.1, 0.15) is 12.7 Å². The maximum absolute atomic E-state index is 14.0. The van der Waals surface area contributed by atoms with Gasteiger partial charge in [0.25, 0.3) is 0 Å². The van der Waals surface area contributed by atoms with Crippen LogP contribution in [0.3, 0.4) is 0 Å². The Morgan fingerprint density at radius 1 is 1.00 bits per heavy atom. The van der Waals surface area contributed by atoms with E-state index < -0.39 is 0 Å². The quantitative estimate of drug-likeness (QED) is 0.553. The van der Waals surface area contributed by atoms with Gasteiger partial charge >= 0.3 is 0 Å². The third kappa shape index (κ3) is 3.22. The van der Waals surface area contributed by atoms with Crippen molar-refractivity contribution in [2.75, 3.05) is 30.5 Å². The normalized spacial score (nSPS) is 11.2. The summed E-state index contributed by atoms with van der Waals surface area (Å²) >= 11 is 0. The predicted molar refractivity (Wildman–Crippen MR) is 115 cm³/mol. The second kappa shape index (κ2) is 7.05. The van der Waals surface area contributed by atoms with E-state index in [1.807, 2.05) is 54.8 Å². The SMILES string of the molecule is CCc1nc2ccc(F)cc2n1-c1nc(N)nc(N)c1-c1ccc(N(C)C)cc1. The molecule has 0 spiro atoms. The Hall–Kier alpha value is -3.68. The highest BCUT2D eigenvalue weighted by atomic mass is 19.1. The average molecular weight is 391 g/mol. The summed E-state index contributed by atoms with van der Waals surface area (Å²) in [6, 6.07) is 12.4. The van der Waals surface area contributed by atoms with Crippen molar-refractivity contribution in [2.45, 2.75) is 13.3 Å². The van der Waals surface area contributed by atoms with Gasteiger partial charge in [0.2, 0.25) is 5.95 Å². The van der Waals surface area contributed by atoms with Crippen LogP contribution in [0, 0.1) is 5.82 Å². The molecule has 0 aliphatic carbocycles. The molecule has 4 rings (SSSR count). The third-order valence-electron chi connectivity index (χ3n) is 4.82. The Morgan fingerprint density at radius 3 is 2.38 bits per heavy atom. The van der Waals surface area contributed by atoms with Crippen molar-refractivity contribution < 1.29 is 4.39 Å². The molecule has 0 saturated carbocycles. The molecule has 0 radical (unpaired) electrons. The summed E-state index contributed by atoms with van der Waals surface area (Å²) in [4.78, 5) is 15.3. The molecule has 0 bridgehead atoms. The van der Waals surface area contributed by atoms with E-state index in [9.17, 15) is 4.39 Å². The number of halogens is 1. The Kier molecular flexibility index (Phi) is 4.54. The number of imidazole rings is 1. The second-order valence-electron chi connectivity index (χ2n) is 6.96. The van der Waals surface area contributed by atoms with Crippen LogP contribution in [0.5, 0.6) is 0 Å². The Bertz CT molecular complexity index is 1200. The first-order valence-electron chi connectivity index (χ1n) is 9.27. The van der Waals surface area contributed by atoms with Gasteiger partial charge in [-0.2, -0.15) is 9.97 Å². The van der Waals surface area contributed by atoms with Crippen LogP contribution < -0.4 is 16.4 Å². The van der Waals surface area contributed by atoms with E-state index in [0.717, 1.165) is 17.1 Å². The standard InChI is InChI=1S/C21H22FN7/c1-4-17-25-15-10-7-13(22)11-16(15)29(17)20-18(19(23)26-21(24)27-20)12-5-8-14(9-6-12)28(2)3/h5-11H,4H2,1-3H3,(H4,23,24,26,27). The lowest BCUT2D eigenvalue weighted by Crippen LogP contribution is -2.11. The van der Waals surface area contributed by atoms with Crippen LogP contribution in [0.2, 0.25) is 0 Å². The van der Waals surface area contributed by atoms with Crippen LogP contribution in [-0.2, 0) is 6.42 Å². The summed E-state index contributed by atoms with van der Waals surface area (Å²) in [5.74, 6) is 1.16. The lowest BCUT2D eigenvalue weighted by atomic mass is 10.1. The van der Waals surface area contributed by atoms with Crippen molar-refractivity contribution in [2.24, 2.45) is 0 Å². The molecule has 2 aromatic heterocycles. The fourth-order valence-corrected chi connectivity index (χ4v) is 3.42. The lowest BCUT2D eigenvalue weighted by Gasteiger charge is -2.17. The zero-order valence-corrected chi connectivity index (χ0v) is 16.5. The number of anilines is 3. The molecular weight excluding hydrogens is 369 g/mol. The highest BCUT2D eigenvalue weighted by Crippen LogP contribution is 2.34. The molecule has 148 valence electrons. The minimum Gasteiger partial charge on any atom is -0.383 e. The number of aryl methyl sites for hydroxylation is 1. The van der Waals surface area contributed by atoms with Gasteiger partial charge in [0.15, 0.2) is 5.82 Å². The number of fused-ring (bicyclic) bond motifs is 1. The van der Waals surface area contributed by atoms with Crippen molar-refractivity contribution in [1.29, 1.82) is 0 Å². The molecule has 2 heterocycles. The maximum Gasteiger partial charge on any atom is 0.224 e. The van der Waals surface area contributed by atoms with Crippen LogP contribution in [0.15, 0.2) is 42.5 Å². The van der Waals surface area contributed by atoms with Crippen LogP contribution in [-0.4, -0.2) is 33.6 Å². The molecule has 2 aromatic carbocycles. The molecule has 0 aliphatic heterocycles. The topological polar surface area (TPSA) is 98.9 Å². The molecule has 0 fully saturated rings. The van der Waals surface area contributed by atoms with Crippen molar-refractivity contribution >= 4 is 28.5 Å². The molecule has 8 heteroatoms. The van der Waals surface area contributed by atoms with Gasteiger partial charge in [-0.25, -0.2) is 9.37 Å². The van der Waals surface area contributed by atoms with Crippen molar-refractivity contribution in [3.63, 3.8) is 0 Å². The number of nitrogen functional groups attached to an aromatic ring is 2.